The molecule has 0 aliphatic heterocycles. The number of aliphatic carboxylic acids is 1. The highest BCUT2D eigenvalue weighted by molar-refractivity contribution is 5.79. The number of hydrogen-bond donors (Lipinski definition) is 3. The van der Waals surface area contributed by atoms with Crippen LogP contribution in [-0.2, 0) is 9.59 Å². The lowest BCUT2D eigenvalue weighted by atomic mass is 9.74. The zero-order valence-corrected chi connectivity index (χ0v) is 11.4. The molecule has 5 nitrogen and oxygen atoms in total. The van der Waals surface area contributed by atoms with Gasteiger partial charge < -0.3 is 16.2 Å². The molecule has 0 saturated heterocycles. The predicted octanol–water partition coefficient (Wildman–Crippen LogP) is 1.55. The van der Waals surface area contributed by atoms with E-state index in [9.17, 15) is 9.59 Å². The molecule has 19 heavy (non-hydrogen) atoms. The van der Waals surface area contributed by atoms with Crippen LogP contribution in [0.25, 0.3) is 0 Å². The van der Waals surface area contributed by atoms with Crippen LogP contribution in [0.4, 0.5) is 0 Å². The molecule has 0 unspecified atom stereocenters. The standard InChI is InChI=1S/C14H24N2O3/c15-13(5-4-6-13)9-11(17)16-14(10-12(18)19)7-2-1-3-8-14/h1-10,15H2,(H,16,17)(H,18,19). The van der Waals surface area contributed by atoms with Crippen LogP contribution >= 0.6 is 0 Å². The van der Waals surface area contributed by atoms with Crippen LogP contribution in [0.1, 0.15) is 64.2 Å². The van der Waals surface area contributed by atoms with Crippen molar-refractivity contribution in [3.05, 3.63) is 0 Å². The highest BCUT2D eigenvalue weighted by atomic mass is 16.4. The third kappa shape index (κ3) is 3.69. The molecule has 0 bridgehead atoms. The van der Waals surface area contributed by atoms with Crippen LogP contribution < -0.4 is 11.1 Å². The molecule has 0 radical (unpaired) electrons. The second kappa shape index (κ2) is 5.49. The van der Waals surface area contributed by atoms with Crippen LogP contribution in [0.5, 0.6) is 0 Å². The molecule has 2 aliphatic rings. The maximum absolute atomic E-state index is 12.1. The van der Waals surface area contributed by atoms with Gasteiger partial charge in [-0.25, -0.2) is 0 Å². The molecule has 2 fully saturated rings. The number of nitrogens with one attached hydrogen (secondary N) is 1. The summed E-state index contributed by atoms with van der Waals surface area (Å²) < 4.78 is 0. The van der Waals surface area contributed by atoms with Crippen molar-refractivity contribution < 1.29 is 14.7 Å². The second-order valence-corrected chi connectivity index (χ2v) is 6.35. The van der Waals surface area contributed by atoms with E-state index in [1.807, 2.05) is 0 Å². The van der Waals surface area contributed by atoms with Gasteiger partial charge in [-0.1, -0.05) is 19.3 Å². The Labute approximate surface area is 113 Å². The van der Waals surface area contributed by atoms with E-state index in [1.165, 1.54) is 0 Å². The van der Waals surface area contributed by atoms with Gasteiger partial charge in [0, 0.05) is 12.0 Å². The lowest BCUT2D eigenvalue weighted by Crippen LogP contribution is -2.55. The molecular formula is C14H24N2O3. The van der Waals surface area contributed by atoms with Gasteiger partial charge in [0.1, 0.15) is 0 Å². The van der Waals surface area contributed by atoms with Crippen molar-refractivity contribution in [1.29, 1.82) is 0 Å². The van der Waals surface area contributed by atoms with Gasteiger partial charge in [0.25, 0.3) is 0 Å². The Morgan fingerprint density at radius 3 is 2.11 bits per heavy atom. The molecule has 0 spiro atoms. The van der Waals surface area contributed by atoms with Crippen molar-refractivity contribution in [3.63, 3.8) is 0 Å². The topological polar surface area (TPSA) is 92.4 Å². The van der Waals surface area contributed by atoms with Gasteiger partial charge in [-0.05, 0) is 32.1 Å². The van der Waals surface area contributed by atoms with E-state index in [0.717, 1.165) is 51.4 Å². The first kappa shape index (κ1) is 14.3. The van der Waals surface area contributed by atoms with Crippen molar-refractivity contribution in [2.75, 3.05) is 0 Å². The van der Waals surface area contributed by atoms with E-state index in [0.29, 0.717) is 6.42 Å². The summed E-state index contributed by atoms with van der Waals surface area (Å²) in [6, 6.07) is 0. The van der Waals surface area contributed by atoms with Gasteiger partial charge in [-0.2, -0.15) is 0 Å². The van der Waals surface area contributed by atoms with E-state index in [2.05, 4.69) is 5.32 Å². The Bertz CT molecular complexity index is 358. The summed E-state index contributed by atoms with van der Waals surface area (Å²) in [6.07, 6.45) is 7.86. The molecule has 4 N–H and O–H groups in total. The van der Waals surface area contributed by atoms with E-state index in [-0.39, 0.29) is 17.9 Å². The minimum Gasteiger partial charge on any atom is -0.481 e. The van der Waals surface area contributed by atoms with Gasteiger partial charge in [-0.15, -0.1) is 0 Å². The Hall–Kier alpha value is -1.10. The highest BCUT2D eigenvalue weighted by Crippen LogP contribution is 2.34. The number of hydrogen-bond acceptors (Lipinski definition) is 3. The van der Waals surface area contributed by atoms with E-state index in [1.54, 1.807) is 0 Å². The number of carbonyl (C=O) groups is 2. The molecule has 0 aromatic heterocycles. The smallest absolute Gasteiger partial charge is 0.305 e. The summed E-state index contributed by atoms with van der Waals surface area (Å²) in [4.78, 5) is 23.2. The molecule has 0 aromatic rings. The number of rotatable bonds is 5. The fraction of sp³-hybridized carbons (Fsp3) is 0.857. The van der Waals surface area contributed by atoms with Gasteiger partial charge in [0.2, 0.25) is 5.91 Å². The van der Waals surface area contributed by atoms with Crippen LogP contribution in [0.2, 0.25) is 0 Å². The first-order valence-electron chi connectivity index (χ1n) is 7.25. The SMILES string of the molecule is NC1(CC(=O)NC2(CC(=O)O)CCCCC2)CCC1. The molecule has 0 atom stereocenters. The first-order chi connectivity index (χ1) is 8.93. The number of nitrogens with two attached hydrogens (primary N) is 1. The van der Waals surface area contributed by atoms with Gasteiger partial charge in [-0.3, -0.25) is 9.59 Å². The number of carbonyl (C=O) groups excluding carboxylic acids is 1. The summed E-state index contributed by atoms with van der Waals surface area (Å²) in [5.41, 5.74) is 5.19. The molecule has 5 heteroatoms. The summed E-state index contributed by atoms with van der Waals surface area (Å²) in [6.45, 7) is 0. The van der Waals surface area contributed by atoms with Crippen molar-refractivity contribution in [2.45, 2.75) is 75.3 Å². The van der Waals surface area contributed by atoms with Crippen molar-refractivity contribution in [1.82, 2.24) is 5.32 Å². The fourth-order valence-electron chi connectivity index (χ4n) is 3.33. The Morgan fingerprint density at radius 1 is 1.00 bits per heavy atom. The van der Waals surface area contributed by atoms with Crippen LogP contribution in [0, 0.1) is 0 Å². The Kier molecular flexibility index (Phi) is 4.13. The van der Waals surface area contributed by atoms with Gasteiger partial charge in [0.15, 0.2) is 0 Å². The quantitative estimate of drug-likeness (QED) is 0.705. The van der Waals surface area contributed by atoms with Crippen molar-refractivity contribution >= 4 is 11.9 Å². The maximum Gasteiger partial charge on any atom is 0.305 e. The van der Waals surface area contributed by atoms with Crippen LogP contribution in [0.3, 0.4) is 0 Å². The molecule has 1 amide bonds. The fourth-order valence-corrected chi connectivity index (χ4v) is 3.33. The van der Waals surface area contributed by atoms with Crippen LogP contribution in [0.15, 0.2) is 0 Å². The Balaban J connectivity index is 1.94. The van der Waals surface area contributed by atoms with E-state index in [4.69, 9.17) is 10.8 Å². The number of carboxylic acids is 1. The first-order valence-corrected chi connectivity index (χ1v) is 7.25. The summed E-state index contributed by atoms with van der Waals surface area (Å²) >= 11 is 0. The third-order valence-corrected chi connectivity index (χ3v) is 4.57. The molecular weight excluding hydrogens is 244 g/mol. The molecule has 2 saturated carbocycles. The van der Waals surface area contributed by atoms with Gasteiger partial charge in [0.05, 0.1) is 12.0 Å². The average Bonchev–Trinajstić information content (AvgIpc) is 2.26. The van der Waals surface area contributed by atoms with E-state index >= 15 is 0 Å². The maximum atomic E-state index is 12.1. The Morgan fingerprint density at radius 2 is 1.63 bits per heavy atom. The zero-order valence-electron chi connectivity index (χ0n) is 11.4. The van der Waals surface area contributed by atoms with Crippen molar-refractivity contribution in [3.8, 4) is 0 Å². The zero-order chi connectivity index (χ0) is 13.9. The highest BCUT2D eigenvalue weighted by Gasteiger charge is 2.39. The minimum atomic E-state index is -0.840. The summed E-state index contributed by atoms with van der Waals surface area (Å²) in [7, 11) is 0. The number of carboxylic acid groups (broad SMARTS) is 1. The lowest BCUT2D eigenvalue weighted by Gasteiger charge is -2.41. The summed E-state index contributed by atoms with van der Waals surface area (Å²) in [5, 5.41) is 12.0. The van der Waals surface area contributed by atoms with Crippen molar-refractivity contribution in [2.24, 2.45) is 5.73 Å². The molecule has 2 aliphatic carbocycles. The van der Waals surface area contributed by atoms with E-state index < -0.39 is 11.5 Å². The van der Waals surface area contributed by atoms with Crippen LogP contribution in [-0.4, -0.2) is 28.1 Å². The molecule has 0 aromatic carbocycles. The average molecular weight is 268 g/mol. The largest absolute Gasteiger partial charge is 0.481 e. The monoisotopic (exact) mass is 268 g/mol. The third-order valence-electron chi connectivity index (χ3n) is 4.57. The molecule has 2 rings (SSSR count). The predicted molar refractivity (Wildman–Crippen MR) is 71.6 cm³/mol. The summed E-state index contributed by atoms with van der Waals surface area (Å²) in [5.74, 6) is -0.918. The molecule has 108 valence electrons. The molecule has 0 heterocycles. The number of amides is 1. The lowest BCUT2D eigenvalue weighted by molar-refractivity contribution is -0.139. The minimum absolute atomic E-state index is 0.0241. The second-order valence-electron chi connectivity index (χ2n) is 6.35. The normalized spacial score (nSPS) is 24.3. The van der Waals surface area contributed by atoms with Gasteiger partial charge >= 0.3 is 5.97 Å².